The largest absolute Gasteiger partial charge is 1.00 e. The molecular weight excluding hydrogens is 582 g/mol. The van der Waals surface area contributed by atoms with E-state index in [1.807, 2.05) is 18.2 Å². The fraction of sp³-hybridized carbons (Fsp3) is 0.759. The number of amides is 1. The first kappa shape index (κ1) is 37.5. The Morgan fingerprint density at radius 3 is 1.69 bits per heavy atom. The number of rotatable bonds is 16. The highest BCUT2D eigenvalue weighted by atomic mass is 79.9. The summed E-state index contributed by atoms with van der Waals surface area (Å²) in [6, 6.07) is 9.31. The number of benzene rings is 1. The van der Waals surface area contributed by atoms with Crippen LogP contribution >= 0.6 is 0 Å². The lowest BCUT2D eigenvalue weighted by molar-refractivity contribution is -0.949. The molecule has 0 aromatic heterocycles. The second-order valence-corrected chi connectivity index (χ2v) is 11.8. The van der Waals surface area contributed by atoms with Gasteiger partial charge >= 0.3 is 6.09 Å². The summed E-state index contributed by atoms with van der Waals surface area (Å²) in [4.78, 5) is 13.4. The minimum absolute atomic E-state index is 0. The summed E-state index contributed by atoms with van der Waals surface area (Å²) in [5.74, 6) is 0.674. The number of carbonyl (C=O) groups excluding carboxylic acids is 1. The normalized spacial score (nSPS) is 11.8. The molecule has 1 rings (SSSR count). The number of carbonyl (C=O) groups is 1. The number of unbranched alkanes of at least 4 members (excludes halogenated alkanes) is 7. The maximum atomic E-state index is 12.0. The molecule has 0 radical (unpaired) electrons. The van der Waals surface area contributed by atoms with Gasteiger partial charge in [0.15, 0.2) is 0 Å². The van der Waals surface area contributed by atoms with Crippen molar-refractivity contribution in [2.45, 2.75) is 97.7 Å². The SMILES string of the molecule is CC(C)[N+](C)(CCCCCCCCCC[N+](C)(C)Cc1ccccc1OC(=O)N(C)C)C(C)C.[Br-].[Br-]. The third-order valence-electron chi connectivity index (χ3n) is 7.65. The van der Waals surface area contributed by atoms with Gasteiger partial charge in [0, 0.05) is 19.7 Å². The summed E-state index contributed by atoms with van der Waals surface area (Å²) in [6.07, 6.45) is 10.4. The van der Waals surface area contributed by atoms with E-state index in [1.165, 1.54) is 67.3 Å². The summed E-state index contributed by atoms with van der Waals surface area (Å²) in [7, 11) is 10.4. The number of nitrogens with zero attached hydrogens (tertiary/aromatic N) is 3. The molecule has 5 nitrogen and oxygen atoms in total. The van der Waals surface area contributed by atoms with Crippen LogP contribution in [0, 0.1) is 0 Å². The van der Waals surface area contributed by atoms with Gasteiger partial charge in [0.25, 0.3) is 0 Å². The molecule has 0 saturated heterocycles. The number of para-hydroxylation sites is 1. The molecular formula is C29H55Br2N3O2. The summed E-state index contributed by atoms with van der Waals surface area (Å²) >= 11 is 0. The molecule has 0 heterocycles. The molecule has 1 amide bonds. The summed E-state index contributed by atoms with van der Waals surface area (Å²) < 4.78 is 7.66. The van der Waals surface area contributed by atoms with E-state index < -0.39 is 0 Å². The summed E-state index contributed by atoms with van der Waals surface area (Å²) in [5, 5.41) is 0. The Morgan fingerprint density at radius 1 is 0.778 bits per heavy atom. The third kappa shape index (κ3) is 13.8. The topological polar surface area (TPSA) is 29.5 Å². The van der Waals surface area contributed by atoms with E-state index in [9.17, 15) is 4.79 Å². The van der Waals surface area contributed by atoms with Gasteiger partial charge in [-0.3, -0.25) is 0 Å². The summed E-state index contributed by atoms with van der Waals surface area (Å²) in [6.45, 7) is 12.7. The van der Waals surface area contributed by atoms with Crippen molar-refractivity contribution in [2.24, 2.45) is 0 Å². The van der Waals surface area contributed by atoms with Gasteiger partial charge in [0.2, 0.25) is 0 Å². The van der Waals surface area contributed by atoms with Crippen LogP contribution in [0.5, 0.6) is 5.75 Å². The Labute approximate surface area is 244 Å². The van der Waals surface area contributed by atoms with Gasteiger partial charge in [0.05, 0.1) is 46.3 Å². The number of ether oxygens (including phenoxy) is 1. The Morgan fingerprint density at radius 2 is 1.22 bits per heavy atom. The predicted molar refractivity (Wildman–Crippen MR) is 145 cm³/mol. The van der Waals surface area contributed by atoms with Crippen LogP contribution in [0.4, 0.5) is 4.79 Å². The number of hydrogen-bond acceptors (Lipinski definition) is 2. The van der Waals surface area contributed by atoms with Gasteiger partial charge in [-0.2, -0.15) is 0 Å². The molecule has 0 atom stereocenters. The number of hydrogen-bond donors (Lipinski definition) is 0. The zero-order valence-corrected chi connectivity index (χ0v) is 27.8. The van der Waals surface area contributed by atoms with Gasteiger partial charge in [-0.1, -0.05) is 37.8 Å². The van der Waals surface area contributed by atoms with Crippen LogP contribution in [-0.2, 0) is 6.54 Å². The molecule has 0 aliphatic carbocycles. The Bertz CT molecular complexity index is 716. The summed E-state index contributed by atoms with van der Waals surface area (Å²) in [5.41, 5.74) is 1.09. The average molecular weight is 638 g/mol. The Balaban J connectivity index is 0. The molecule has 36 heavy (non-hydrogen) atoms. The van der Waals surface area contributed by atoms with Gasteiger partial charge in [0.1, 0.15) is 12.3 Å². The molecule has 1 aromatic rings. The molecule has 0 aliphatic heterocycles. The van der Waals surface area contributed by atoms with Crippen LogP contribution in [-0.4, -0.2) is 80.4 Å². The molecule has 0 aliphatic rings. The van der Waals surface area contributed by atoms with E-state index in [1.54, 1.807) is 14.1 Å². The highest BCUT2D eigenvalue weighted by Crippen LogP contribution is 2.23. The highest BCUT2D eigenvalue weighted by Gasteiger charge is 2.28. The molecule has 0 unspecified atom stereocenters. The maximum absolute atomic E-state index is 12.0. The maximum Gasteiger partial charge on any atom is 0.414 e. The van der Waals surface area contributed by atoms with Crippen molar-refractivity contribution in [1.82, 2.24) is 4.90 Å². The quantitative estimate of drug-likeness (QED) is 0.198. The van der Waals surface area contributed by atoms with Crippen LogP contribution < -0.4 is 38.7 Å². The van der Waals surface area contributed by atoms with E-state index in [-0.39, 0.29) is 40.1 Å². The second kappa shape index (κ2) is 18.6. The van der Waals surface area contributed by atoms with Crippen molar-refractivity contribution >= 4 is 6.09 Å². The van der Waals surface area contributed by atoms with Crippen molar-refractivity contribution in [2.75, 3.05) is 48.3 Å². The standard InChI is InChI=1S/C29H55N3O2.2BrH/c1-25(2)32(9,26(3)4)23-19-15-13-11-10-12-14-18-22-31(7,8)24-27-20-16-17-21-28(27)34-29(33)30(5)6;;/h16-17,20-21,25-26H,10-15,18-19,22-24H2,1-9H3;2*1H/q+2;;/p-2. The first-order valence-electron chi connectivity index (χ1n) is 13.5. The smallest absolute Gasteiger partial charge is 0.414 e. The molecule has 7 heteroatoms. The molecule has 1 aromatic carbocycles. The number of quaternary nitrogens is 2. The van der Waals surface area contributed by atoms with Crippen LogP contribution in [0.25, 0.3) is 0 Å². The van der Waals surface area contributed by atoms with Crippen molar-refractivity contribution in [3.63, 3.8) is 0 Å². The first-order chi connectivity index (χ1) is 15.9. The zero-order valence-electron chi connectivity index (χ0n) is 24.7. The first-order valence-corrected chi connectivity index (χ1v) is 13.5. The molecule has 0 bridgehead atoms. The van der Waals surface area contributed by atoms with Crippen molar-refractivity contribution in [1.29, 1.82) is 0 Å². The lowest BCUT2D eigenvalue weighted by Gasteiger charge is -2.42. The van der Waals surface area contributed by atoms with Gasteiger partial charge in [-0.05, 0) is 65.5 Å². The minimum Gasteiger partial charge on any atom is -1.00 e. The molecule has 212 valence electrons. The van der Waals surface area contributed by atoms with E-state index in [0.717, 1.165) is 23.1 Å². The second-order valence-electron chi connectivity index (χ2n) is 11.8. The highest BCUT2D eigenvalue weighted by molar-refractivity contribution is 5.70. The van der Waals surface area contributed by atoms with Crippen LogP contribution in [0.1, 0.15) is 84.6 Å². The lowest BCUT2D eigenvalue weighted by atomic mass is 10.1. The van der Waals surface area contributed by atoms with E-state index in [2.05, 4.69) is 54.9 Å². The molecule has 0 saturated carbocycles. The lowest BCUT2D eigenvalue weighted by Crippen LogP contribution is -3.00. The third-order valence-corrected chi connectivity index (χ3v) is 7.65. The van der Waals surface area contributed by atoms with Crippen LogP contribution in [0.3, 0.4) is 0 Å². The minimum atomic E-state index is -0.328. The van der Waals surface area contributed by atoms with Crippen molar-refractivity contribution < 1.29 is 52.5 Å². The Hall–Kier alpha value is -0.630. The van der Waals surface area contributed by atoms with Crippen molar-refractivity contribution in [3.05, 3.63) is 29.8 Å². The average Bonchev–Trinajstić information content (AvgIpc) is 2.75. The van der Waals surface area contributed by atoms with E-state index >= 15 is 0 Å². The zero-order chi connectivity index (χ0) is 25.8. The fourth-order valence-electron chi connectivity index (χ4n) is 4.63. The number of halogens is 2. The van der Waals surface area contributed by atoms with Crippen molar-refractivity contribution in [3.8, 4) is 5.75 Å². The fourth-order valence-corrected chi connectivity index (χ4v) is 4.63. The molecule has 0 N–H and O–H groups in total. The van der Waals surface area contributed by atoms with Crippen LogP contribution in [0.15, 0.2) is 24.3 Å². The van der Waals surface area contributed by atoms with Crippen LogP contribution in [0.2, 0.25) is 0 Å². The molecule has 0 fully saturated rings. The van der Waals surface area contributed by atoms with E-state index in [4.69, 9.17) is 4.74 Å². The van der Waals surface area contributed by atoms with Gasteiger partial charge in [-0.25, -0.2) is 4.79 Å². The predicted octanol–water partition coefficient (Wildman–Crippen LogP) is 0.716. The van der Waals surface area contributed by atoms with Gasteiger partial charge < -0.3 is 52.6 Å². The Kier molecular flexibility index (Phi) is 19.4. The van der Waals surface area contributed by atoms with E-state index in [0.29, 0.717) is 17.8 Å². The molecule has 0 spiro atoms. The monoisotopic (exact) mass is 635 g/mol. The van der Waals surface area contributed by atoms with Gasteiger partial charge in [-0.15, -0.1) is 0 Å².